The zero-order valence-electron chi connectivity index (χ0n) is 7.86. The summed E-state index contributed by atoms with van der Waals surface area (Å²) in [6.45, 7) is 4.49. The van der Waals surface area contributed by atoms with Crippen LogP contribution in [0.15, 0.2) is 17.2 Å². The van der Waals surface area contributed by atoms with E-state index in [9.17, 15) is 0 Å². The summed E-state index contributed by atoms with van der Waals surface area (Å²) in [6.07, 6.45) is 1.71. The lowest BCUT2D eigenvalue weighted by Gasteiger charge is -2.06. The van der Waals surface area contributed by atoms with Crippen LogP contribution in [0.4, 0.5) is 5.82 Å². The van der Waals surface area contributed by atoms with Crippen LogP contribution in [0.25, 0.3) is 0 Å². The van der Waals surface area contributed by atoms with Gasteiger partial charge in [-0.05, 0) is 23.8 Å². The third kappa shape index (κ3) is 1.31. The Labute approximate surface area is 84.0 Å². The lowest BCUT2D eigenvalue weighted by Crippen LogP contribution is -1.98. The van der Waals surface area contributed by atoms with Crippen LogP contribution in [0, 0.1) is 11.8 Å². The standard InChI is InChI=1S/C10H14N2S/c1-5-6(2)8(5)9-7(13)3-4-12-10(9)11/h3-6,8H,1-2H3,(H3,11,12,13). The van der Waals surface area contributed by atoms with Crippen molar-refractivity contribution in [2.24, 2.45) is 11.8 Å². The molecular weight excluding hydrogens is 180 g/mol. The summed E-state index contributed by atoms with van der Waals surface area (Å²) in [5.74, 6) is 2.66. The molecule has 1 aliphatic rings. The molecule has 0 spiro atoms. The smallest absolute Gasteiger partial charge is 0.127 e. The van der Waals surface area contributed by atoms with Gasteiger partial charge < -0.3 is 5.73 Å². The Kier molecular flexibility index (Phi) is 1.99. The molecule has 0 bridgehead atoms. The molecule has 1 aliphatic carbocycles. The zero-order valence-corrected chi connectivity index (χ0v) is 8.75. The average Bonchev–Trinajstić information content (AvgIpc) is 2.62. The van der Waals surface area contributed by atoms with Crippen molar-refractivity contribution in [3.63, 3.8) is 0 Å². The summed E-state index contributed by atoms with van der Waals surface area (Å²) in [5, 5.41) is 0. The first kappa shape index (κ1) is 8.88. The predicted molar refractivity (Wildman–Crippen MR) is 57.0 cm³/mol. The van der Waals surface area contributed by atoms with Crippen LogP contribution in [0.2, 0.25) is 0 Å². The third-order valence-corrected chi connectivity index (χ3v) is 3.54. The Balaban J connectivity index is 2.41. The molecule has 2 unspecified atom stereocenters. The van der Waals surface area contributed by atoms with Crippen LogP contribution >= 0.6 is 12.6 Å². The molecule has 1 fully saturated rings. The van der Waals surface area contributed by atoms with E-state index in [4.69, 9.17) is 5.73 Å². The summed E-state index contributed by atoms with van der Waals surface area (Å²) < 4.78 is 0. The number of pyridine rings is 1. The summed E-state index contributed by atoms with van der Waals surface area (Å²) in [5.41, 5.74) is 6.97. The maximum Gasteiger partial charge on any atom is 0.127 e. The van der Waals surface area contributed by atoms with E-state index < -0.39 is 0 Å². The van der Waals surface area contributed by atoms with Gasteiger partial charge in [-0.15, -0.1) is 12.6 Å². The molecule has 3 heteroatoms. The number of anilines is 1. The van der Waals surface area contributed by atoms with Crippen molar-refractivity contribution in [3.8, 4) is 0 Å². The minimum Gasteiger partial charge on any atom is -0.383 e. The van der Waals surface area contributed by atoms with E-state index in [0.717, 1.165) is 22.3 Å². The Bertz CT molecular complexity index is 309. The predicted octanol–water partition coefficient (Wildman–Crippen LogP) is 2.32. The van der Waals surface area contributed by atoms with Crippen LogP contribution < -0.4 is 5.73 Å². The van der Waals surface area contributed by atoms with Gasteiger partial charge in [0.1, 0.15) is 5.82 Å². The fourth-order valence-electron chi connectivity index (χ4n) is 2.01. The van der Waals surface area contributed by atoms with Gasteiger partial charge in [0.25, 0.3) is 0 Å². The van der Waals surface area contributed by atoms with Gasteiger partial charge in [-0.2, -0.15) is 0 Å². The van der Waals surface area contributed by atoms with Crippen LogP contribution in [-0.4, -0.2) is 4.98 Å². The van der Waals surface area contributed by atoms with Crippen LogP contribution in [0.5, 0.6) is 0 Å². The van der Waals surface area contributed by atoms with Gasteiger partial charge in [0.05, 0.1) is 0 Å². The lowest BCUT2D eigenvalue weighted by molar-refractivity contribution is 0.834. The first-order valence-electron chi connectivity index (χ1n) is 4.56. The van der Waals surface area contributed by atoms with E-state index in [2.05, 4.69) is 31.5 Å². The number of nitrogens with zero attached hydrogens (tertiary/aromatic N) is 1. The van der Waals surface area contributed by atoms with Crippen molar-refractivity contribution in [1.82, 2.24) is 4.98 Å². The average molecular weight is 194 g/mol. The Hall–Kier alpha value is -0.700. The molecule has 1 aromatic rings. The molecular formula is C10H14N2S. The van der Waals surface area contributed by atoms with E-state index in [1.54, 1.807) is 6.20 Å². The maximum absolute atomic E-state index is 5.83. The van der Waals surface area contributed by atoms with Gasteiger partial charge in [-0.3, -0.25) is 0 Å². The largest absolute Gasteiger partial charge is 0.383 e. The number of hydrogen-bond donors (Lipinski definition) is 2. The SMILES string of the molecule is CC1C(C)C1c1c(S)ccnc1N. The minimum atomic E-state index is 0.571. The van der Waals surface area contributed by atoms with E-state index >= 15 is 0 Å². The van der Waals surface area contributed by atoms with E-state index in [-0.39, 0.29) is 0 Å². The van der Waals surface area contributed by atoms with Crippen molar-refractivity contribution >= 4 is 18.4 Å². The second kappa shape index (κ2) is 2.91. The van der Waals surface area contributed by atoms with Crippen LogP contribution in [0.3, 0.4) is 0 Å². The van der Waals surface area contributed by atoms with Crippen molar-refractivity contribution in [3.05, 3.63) is 17.8 Å². The molecule has 2 rings (SSSR count). The summed E-state index contributed by atoms with van der Waals surface area (Å²) in [7, 11) is 0. The molecule has 0 radical (unpaired) electrons. The van der Waals surface area contributed by atoms with Crippen LogP contribution in [0.1, 0.15) is 25.3 Å². The summed E-state index contributed by atoms with van der Waals surface area (Å²) in [4.78, 5) is 5.08. The maximum atomic E-state index is 5.83. The zero-order chi connectivity index (χ0) is 9.59. The lowest BCUT2D eigenvalue weighted by atomic mass is 10.1. The molecule has 1 heterocycles. The molecule has 2 N–H and O–H groups in total. The highest BCUT2D eigenvalue weighted by atomic mass is 32.1. The van der Waals surface area contributed by atoms with Gasteiger partial charge >= 0.3 is 0 Å². The first-order chi connectivity index (χ1) is 6.13. The second-order valence-electron chi connectivity index (χ2n) is 3.87. The van der Waals surface area contributed by atoms with Gasteiger partial charge in [0, 0.05) is 16.7 Å². The molecule has 0 aliphatic heterocycles. The molecule has 0 amide bonds. The number of nitrogen functional groups attached to an aromatic ring is 1. The quantitative estimate of drug-likeness (QED) is 0.673. The number of nitrogens with two attached hydrogens (primary N) is 1. The third-order valence-electron chi connectivity index (χ3n) is 3.15. The molecule has 1 aromatic heterocycles. The summed E-state index contributed by atoms with van der Waals surface area (Å²) in [6, 6.07) is 1.91. The molecule has 0 aromatic carbocycles. The first-order valence-corrected chi connectivity index (χ1v) is 5.01. The highest BCUT2D eigenvalue weighted by molar-refractivity contribution is 7.80. The Morgan fingerprint density at radius 3 is 2.46 bits per heavy atom. The Morgan fingerprint density at radius 2 is 2.00 bits per heavy atom. The normalized spacial score (nSPS) is 31.8. The van der Waals surface area contributed by atoms with Crippen molar-refractivity contribution < 1.29 is 0 Å². The highest BCUT2D eigenvalue weighted by Gasteiger charge is 2.45. The van der Waals surface area contributed by atoms with Gasteiger partial charge in [-0.1, -0.05) is 13.8 Å². The molecule has 0 saturated heterocycles. The van der Waals surface area contributed by atoms with Crippen molar-refractivity contribution in [1.29, 1.82) is 0 Å². The molecule has 1 saturated carbocycles. The van der Waals surface area contributed by atoms with Gasteiger partial charge in [0.2, 0.25) is 0 Å². The number of aromatic nitrogens is 1. The fourth-order valence-corrected chi connectivity index (χ4v) is 2.34. The minimum absolute atomic E-state index is 0.571. The highest BCUT2D eigenvalue weighted by Crippen LogP contribution is 2.55. The van der Waals surface area contributed by atoms with Crippen LogP contribution in [-0.2, 0) is 0 Å². The number of hydrogen-bond acceptors (Lipinski definition) is 3. The van der Waals surface area contributed by atoms with Crippen molar-refractivity contribution in [2.75, 3.05) is 5.73 Å². The van der Waals surface area contributed by atoms with E-state index in [0.29, 0.717) is 11.7 Å². The molecule has 2 atom stereocenters. The molecule has 2 nitrogen and oxygen atoms in total. The molecule has 13 heavy (non-hydrogen) atoms. The second-order valence-corrected chi connectivity index (χ2v) is 4.35. The molecule has 70 valence electrons. The number of rotatable bonds is 1. The van der Waals surface area contributed by atoms with E-state index in [1.807, 2.05) is 6.07 Å². The number of thiol groups is 1. The summed E-state index contributed by atoms with van der Waals surface area (Å²) >= 11 is 4.41. The fraction of sp³-hybridized carbons (Fsp3) is 0.500. The van der Waals surface area contributed by atoms with Gasteiger partial charge in [-0.25, -0.2) is 4.98 Å². The topological polar surface area (TPSA) is 38.9 Å². The Morgan fingerprint density at radius 1 is 1.38 bits per heavy atom. The van der Waals surface area contributed by atoms with Gasteiger partial charge in [0.15, 0.2) is 0 Å². The monoisotopic (exact) mass is 194 g/mol. The van der Waals surface area contributed by atoms with E-state index in [1.165, 1.54) is 0 Å². The van der Waals surface area contributed by atoms with Crippen molar-refractivity contribution in [2.45, 2.75) is 24.7 Å².